The van der Waals surface area contributed by atoms with E-state index >= 15 is 0 Å². The Kier molecular flexibility index (Phi) is 5.20. The number of primary amides is 1. The molecule has 0 bridgehead atoms. The number of rotatable bonds is 7. The minimum Gasteiger partial charge on any atom is -0.370 e. The fourth-order valence-electron chi connectivity index (χ4n) is 2.81. The zero-order valence-electron chi connectivity index (χ0n) is 14.6. The topological polar surface area (TPSA) is 75.0 Å². The van der Waals surface area contributed by atoms with E-state index in [9.17, 15) is 4.79 Å². The second-order valence-corrected chi connectivity index (χ2v) is 9.29. The molecule has 4 aromatic rings. The number of benzene rings is 1. The van der Waals surface area contributed by atoms with E-state index in [0.29, 0.717) is 12.8 Å². The number of aromatic nitrogens is 2. The van der Waals surface area contributed by atoms with Crippen LogP contribution in [0.4, 0.5) is 5.69 Å². The number of aryl methyl sites for hydroxylation is 1. The van der Waals surface area contributed by atoms with Gasteiger partial charge in [-0.15, -0.1) is 22.7 Å². The summed E-state index contributed by atoms with van der Waals surface area (Å²) in [6, 6.07) is 12.6. The minimum absolute atomic E-state index is 0.300. The summed E-state index contributed by atoms with van der Waals surface area (Å²) in [5, 5.41) is 6.14. The number of nitrogens with one attached hydrogen (secondary N) is 1. The van der Waals surface area contributed by atoms with Gasteiger partial charge in [0.2, 0.25) is 5.91 Å². The number of thiophene rings is 1. The number of thiazole rings is 1. The van der Waals surface area contributed by atoms with Crippen molar-refractivity contribution >= 4 is 57.1 Å². The highest BCUT2D eigenvalue weighted by atomic mass is 32.2. The molecular formula is C19H18N4OS3. The van der Waals surface area contributed by atoms with Crippen molar-refractivity contribution in [2.24, 2.45) is 5.73 Å². The Bertz CT molecular complexity index is 1070. The van der Waals surface area contributed by atoms with E-state index in [1.54, 1.807) is 34.6 Å². The third-order valence-electron chi connectivity index (χ3n) is 4.11. The highest BCUT2D eigenvalue weighted by Crippen LogP contribution is 2.36. The number of aromatic amines is 1. The van der Waals surface area contributed by atoms with Gasteiger partial charge in [-0.05, 0) is 41.9 Å². The average Bonchev–Trinajstić information content (AvgIpc) is 3.38. The molecule has 3 N–H and O–H groups in total. The lowest BCUT2D eigenvalue weighted by Crippen LogP contribution is -2.11. The second kappa shape index (κ2) is 7.75. The van der Waals surface area contributed by atoms with Gasteiger partial charge in [-0.25, -0.2) is 4.98 Å². The van der Waals surface area contributed by atoms with Crippen LogP contribution in [-0.4, -0.2) is 22.9 Å². The van der Waals surface area contributed by atoms with Crippen LogP contribution in [0.15, 0.2) is 51.4 Å². The van der Waals surface area contributed by atoms with Crippen molar-refractivity contribution < 1.29 is 4.79 Å². The molecule has 0 saturated carbocycles. The third kappa shape index (κ3) is 4.02. The molecule has 0 unspecified atom stereocenters. The summed E-state index contributed by atoms with van der Waals surface area (Å²) < 4.78 is 3.43. The molecule has 4 rings (SSSR count). The highest BCUT2D eigenvalue weighted by Gasteiger charge is 2.13. The van der Waals surface area contributed by atoms with E-state index in [2.05, 4.69) is 63.1 Å². The standard InChI is InChI=1S/C19H18N4OS3/c1-23(27-17-6-3-9-25-17)15-5-2-4-12-10-14(22-18(12)15)19-21-13(11-26-19)7-8-16(20)24/h2-6,9-11,22H,7-8H2,1H3,(H2,20,24). The largest absolute Gasteiger partial charge is 0.370 e. The summed E-state index contributed by atoms with van der Waals surface area (Å²) in [5.74, 6) is -0.300. The molecule has 0 radical (unpaired) electrons. The van der Waals surface area contributed by atoms with Crippen molar-refractivity contribution in [2.75, 3.05) is 11.4 Å². The first kappa shape index (κ1) is 18.1. The lowest BCUT2D eigenvalue weighted by Gasteiger charge is -2.17. The van der Waals surface area contributed by atoms with Crippen molar-refractivity contribution in [1.29, 1.82) is 0 Å². The first-order valence-electron chi connectivity index (χ1n) is 8.40. The van der Waals surface area contributed by atoms with Gasteiger partial charge in [0.1, 0.15) is 5.01 Å². The number of nitrogens with two attached hydrogens (primary N) is 1. The monoisotopic (exact) mass is 414 g/mol. The summed E-state index contributed by atoms with van der Waals surface area (Å²) in [5.41, 5.74) is 9.33. The number of hydrogen-bond acceptors (Lipinski definition) is 6. The van der Waals surface area contributed by atoms with Crippen molar-refractivity contribution in [3.8, 4) is 10.7 Å². The number of amides is 1. The first-order valence-corrected chi connectivity index (χ1v) is 10.9. The molecule has 8 heteroatoms. The number of nitrogens with zero attached hydrogens (tertiary/aromatic N) is 2. The molecule has 1 amide bonds. The lowest BCUT2D eigenvalue weighted by molar-refractivity contribution is -0.118. The third-order valence-corrected chi connectivity index (χ3v) is 6.99. The molecule has 0 atom stereocenters. The average molecular weight is 415 g/mol. The molecule has 0 aliphatic heterocycles. The van der Waals surface area contributed by atoms with Crippen molar-refractivity contribution in [1.82, 2.24) is 9.97 Å². The van der Waals surface area contributed by atoms with Crippen LogP contribution in [0, 0.1) is 0 Å². The maximum Gasteiger partial charge on any atom is 0.217 e. The Morgan fingerprint density at radius 2 is 2.19 bits per heavy atom. The van der Waals surface area contributed by atoms with Gasteiger partial charge >= 0.3 is 0 Å². The van der Waals surface area contributed by atoms with Gasteiger partial charge in [0, 0.05) is 24.2 Å². The summed E-state index contributed by atoms with van der Waals surface area (Å²) >= 11 is 5.02. The zero-order chi connectivity index (χ0) is 18.8. The molecule has 5 nitrogen and oxygen atoms in total. The van der Waals surface area contributed by atoms with Crippen LogP contribution in [0.5, 0.6) is 0 Å². The summed E-state index contributed by atoms with van der Waals surface area (Å²) in [4.78, 5) is 19.1. The first-order chi connectivity index (χ1) is 13.1. The van der Waals surface area contributed by atoms with Crippen LogP contribution >= 0.6 is 34.6 Å². The molecule has 0 fully saturated rings. The van der Waals surface area contributed by atoms with E-state index in [-0.39, 0.29) is 5.91 Å². The lowest BCUT2D eigenvalue weighted by atomic mass is 10.2. The summed E-state index contributed by atoms with van der Waals surface area (Å²) in [6.07, 6.45) is 0.905. The van der Waals surface area contributed by atoms with Crippen molar-refractivity contribution in [3.63, 3.8) is 0 Å². The number of H-pyrrole nitrogens is 1. The Hall–Kier alpha value is -2.29. The van der Waals surface area contributed by atoms with Crippen LogP contribution in [0.25, 0.3) is 21.6 Å². The van der Waals surface area contributed by atoms with E-state index in [1.165, 1.54) is 4.21 Å². The molecule has 3 heterocycles. The Morgan fingerprint density at radius 3 is 2.96 bits per heavy atom. The predicted octanol–water partition coefficient (Wildman–Crippen LogP) is 4.91. The van der Waals surface area contributed by atoms with Crippen LogP contribution in [0.3, 0.4) is 0 Å². The number of fused-ring (bicyclic) bond motifs is 1. The Labute approximate surface area is 169 Å². The van der Waals surface area contributed by atoms with Gasteiger partial charge in [0.25, 0.3) is 0 Å². The molecule has 0 saturated heterocycles. The van der Waals surface area contributed by atoms with E-state index in [0.717, 1.165) is 33.0 Å². The van der Waals surface area contributed by atoms with Crippen LogP contribution in [-0.2, 0) is 11.2 Å². The van der Waals surface area contributed by atoms with Crippen molar-refractivity contribution in [3.05, 3.63) is 52.9 Å². The normalized spacial score (nSPS) is 11.1. The van der Waals surface area contributed by atoms with Gasteiger partial charge < -0.3 is 15.0 Å². The van der Waals surface area contributed by atoms with Gasteiger partial charge in [-0.3, -0.25) is 4.79 Å². The highest BCUT2D eigenvalue weighted by molar-refractivity contribution is 8.02. The van der Waals surface area contributed by atoms with E-state index in [4.69, 9.17) is 5.73 Å². The zero-order valence-corrected chi connectivity index (χ0v) is 17.1. The number of carbonyl (C=O) groups is 1. The number of anilines is 1. The molecular weight excluding hydrogens is 396 g/mol. The quantitative estimate of drug-likeness (QED) is 0.421. The van der Waals surface area contributed by atoms with Gasteiger partial charge in [-0.1, -0.05) is 18.2 Å². The number of hydrogen-bond donors (Lipinski definition) is 2. The minimum atomic E-state index is -0.300. The van der Waals surface area contributed by atoms with Crippen LogP contribution in [0.2, 0.25) is 0 Å². The molecule has 27 heavy (non-hydrogen) atoms. The fourth-order valence-corrected chi connectivity index (χ4v) is 5.42. The van der Waals surface area contributed by atoms with Crippen LogP contribution < -0.4 is 10.0 Å². The summed E-state index contributed by atoms with van der Waals surface area (Å²) in [6.45, 7) is 0. The molecule has 0 aliphatic rings. The number of para-hydroxylation sites is 1. The second-order valence-electron chi connectivity index (χ2n) is 6.06. The SMILES string of the molecule is CN(Sc1cccs1)c1cccc2cc(-c3nc(CCC(N)=O)cs3)[nH]c12. The Balaban J connectivity index is 1.62. The Morgan fingerprint density at radius 1 is 1.30 bits per heavy atom. The van der Waals surface area contributed by atoms with Crippen LogP contribution in [0.1, 0.15) is 12.1 Å². The molecule has 3 aromatic heterocycles. The predicted molar refractivity (Wildman–Crippen MR) is 116 cm³/mol. The van der Waals surface area contributed by atoms with Gasteiger partial charge in [0.15, 0.2) is 0 Å². The van der Waals surface area contributed by atoms with E-state index < -0.39 is 0 Å². The van der Waals surface area contributed by atoms with Crippen molar-refractivity contribution in [2.45, 2.75) is 17.1 Å². The van der Waals surface area contributed by atoms with E-state index in [1.807, 2.05) is 5.38 Å². The summed E-state index contributed by atoms with van der Waals surface area (Å²) in [7, 11) is 2.07. The molecule has 138 valence electrons. The number of carbonyl (C=O) groups excluding carboxylic acids is 1. The molecule has 0 aliphatic carbocycles. The maximum atomic E-state index is 11.0. The maximum absolute atomic E-state index is 11.0. The van der Waals surface area contributed by atoms with Gasteiger partial charge in [-0.2, -0.15) is 0 Å². The smallest absolute Gasteiger partial charge is 0.217 e. The van der Waals surface area contributed by atoms with Gasteiger partial charge in [0.05, 0.1) is 26.8 Å². The molecule has 1 aromatic carbocycles. The fraction of sp³-hybridized carbons (Fsp3) is 0.158. The molecule has 0 spiro atoms.